The first-order chi connectivity index (χ1) is 15.1. The van der Waals surface area contributed by atoms with E-state index < -0.39 is 46.3 Å². The fraction of sp³-hybridized carbons (Fsp3) is 0.417. The van der Waals surface area contributed by atoms with E-state index in [1.54, 1.807) is 0 Å². The number of hydrogen-bond donors (Lipinski definition) is 0. The van der Waals surface area contributed by atoms with Crippen molar-refractivity contribution in [3.63, 3.8) is 0 Å². The lowest BCUT2D eigenvalue weighted by Crippen LogP contribution is -2.13. The van der Waals surface area contributed by atoms with Crippen LogP contribution in [0, 0.1) is 29.2 Å². The largest absolute Gasteiger partial charge is 0.459 e. The molecule has 1 aliphatic carbocycles. The molecule has 3 rings (SSSR count). The van der Waals surface area contributed by atoms with Crippen LogP contribution in [-0.4, -0.2) is 6.18 Å². The Morgan fingerprint density at radius 2 is 1.44 bits per heavy atom. The van der Waals surface area contributed by atoms with Gasteiger partial charge in [-0.2, -0.15) is 13.2 Å². The van der Waals surface area contributed by atoms with Crippen molar-refractivity contribution in [2.24, 2.45) is 5.92 Å². The average molecular weight is 460 g/mol. The zero-order chi connectivity index (χ0) is 23.5. The quantitative estimate of drug-likeness (QED) is 0.310. The molecule has 0 bridgehead atoms. The highest BCUT2D eigenvalue weighted by Gasteiger charge is 2.26. The highest BCUT2D eigenvalue weighted by molar-refractivity contribution is 5.66. The van der Waals surface area contributed by atoms with E-state index in [0.717, 1.165) is 38.5 Å². The molecule has 0 unspecified atom stereocenters. The molecule has 0 aliphatic heterocycles. The molecule has 0 amide bonds. The Hall–Kier alpha value is -2.51. The van der Waals surface area contributed by atoms with Crippen molar-refractivity contribution in [1.82, 2.24) is 0 Å². The van der Waals surface area contributed by atoms with Crippen molar-refractivity contribution in [2.75, 3.05) is 0 Å². The predicted molar refractivity (Wildman–Crippen MR) is 107 cm³/mol. The van der Waals surface area contributed by atoms with Gasteiger partial charge in [0, 0.05) is 0 Å². The average Bonchev–Trinajstić information content (AvgIpc) is 2.69. The van der Waals surface area contributed by atoms with Gasteiger partial charge in [-0.25, -0.2) is 17.6 Å². The molecule has 8 heteroatoms. The van der Waals surface area contributed by atoms with Crippen LogP contribution in [0.4, 0.5) is 30.7 Å². The smallest absolute Gasteiger partial charge is 0.412 e. The van der Waals surface area contributed by atoms with Crippen molar-refractivity contribution < 1.29 is 35.5 Å². The Bertz CT molecular complexity index is 927. The van der Waals surface area contributed by atoms with Crippen molar-refractivity contribution in [2.45, 2.75) is 57.5 Å². The summed E-state index contributed by atoms with van der Waals surface area (Å²) in [6, 6.07) is 3.62. The summed E-state index contributed by atoms with van der Waals surface area (Å²) < 4.78 is 98.8. The van der Waals surface area contributed by atoms with E-state index in [0.29, 0.717) is 23.6 Å². The van der Waals surface area contributed by atoms with Gasteiger partial charge < -0.3 is 4.74 Å². The molecule has 32 heavy (non-hydrogen) atoms. The number of benzene rings is 2. The standard InChI is InChI=1S/C24H23F7O/c1-2-3-14-4-6-15(7-5-14)16-10-18(25)22(19(26)11-16)17-12-20(27)23(21(28)13-17)32-9-8-24(29,30)31/h8-15H,2-7H2,1H3/b9-8+. The first-order valence-corrected chi connectivity index (χ1v) is 10.5. The first kappa shape index (κ1) is 24.1. The normalized spacial score (nSPS) is 19.5. The van der Waals surface area contributed by atoms with E-state index in [1.807, 2.05) is 0 Å². The molecule has 0 aromatic heterocycles. The number of halogens is 7. The van der Waals surface area contributed by atoms with Crippen LogP contribution in [0.15, 0.2) is 36.6 Å². The van der Waals surface area contributed by atoms with E-state index in [1.165, 1.54) is 12.1 Å². The fourth-order valence-corrected chi connectivity index (χ4v) is 4.29. The third-order valence-electron chi connectivity index (χ3n) is 5.81. The van der Waals surface area contributed by atoms with Crippen molar-refractivity contribution in [1.29, 1.82) is 0 Å². The van der Waals surface area contributed by atoms with Crippen LogP contribution < -0.4 is 4.74 Å². The number of allylic oxidation sites excluding steroid dienone is 1. The minimum Gasteiger partial charge on any atom is -0.459 e. The summed E-state index contributed by atoms with van der Waals surface area (Å²) in [6.07, 6.45) is 0.887. The SMILES string of the molecule is CCCC1CCC(c2cc(F)c(-c3cc(F)c(O/C=C/C(F)(F)F)c(F)c3)c(F)c2)CC1. The maximum absolute atomic E-state index is 14.8. The van der Waals surface area contributed by atoms with Gasteiger partial charge in [-0.15, -0.1) is 0 Å². The van der Waals surface area contributed by atoms with E-state index in [4.69, 9.17) is 0 Å². The molecule has 1 fully saturated rings. The molecule has 0 radical (unpaired) electrons. The van der Waals surface area contributed by atoms with Crippen LogP contribution in [0.3, 0.4) is 0 Å². The fourth-order valence-electron chi connectivity index (χ4n) is 4.29. The maximum Gasteiger partial charge on any atom is 0.412 e. The molecule has 0 heterocycles. The van der Waals surface area contributed by atoms with Gasteiger partial charge in [0.15, 0.2) is 17.4 Å². The molecule has 0 spiro atoms. The number of ether oxygens (including phenoxy) is 1. The lowest BCUT2D eigenvalue weighted by molar-refractivity contribution is -0.0809. The molecule has 1 saturated carbocycles. The van der Waals surface area contributed by atoms with Gasteiger partial charge in [-0.1, -0.05) is 19.8 Å². The number of hydrogen-bond acceptors (Lipinski definition) is 1. The van der Waals surface area contributed by atoms with Gasteiger partial charge in [0.05, 0.1) is 17.9 Å². The van der Waals surface area contributed by atoms with Gasteiger partial charge in [0.2, 0.25) is 0 Å². The lowest BCUT2D eigenvalue weighted by Gasteiger charge is -2.29. The summed E-state index contributed by atoms with van der Waals surface area (Å²) in [5.41, 5.74) is -0.513. The zero-order valence-electron chi connectivity index (χ0n) is 17.4. The van der Waals surface area contributed by atoms with Gasteiger partial charge in [0.25, 0.3) is 0 Å². The van der Waals surface area contributed by atoms with Crippen molar-refractivity contribution in [3.05, 3.63) is 65.4 Å². The van der Waals surface area contributed by atoms with Crippen LogP contribution >= 0.6 is 0 Å². The van der Waals surface area contributed by atoms with E-state index in [9.17, 15) is 30.7 Å². The molecule has 0 N–H and O–H groups in total. The van der Waals surface area contributed by atoms with Crippen LogP contribution in [-0.2, 0) is 0 Å². The van der Waals surface area contributed by atoms with Gasteiger partial charge in [-0.3, -0.25) is 0 Å². The van der Waals surface area contributed by atoms with Gasteiger partial charge in [-0.05, 0) is 72.9 Å². The molecule has 1 aliphatic rings. The zero-order valence-corrected chi connectivity index (χ0v) is 17.4. The molecule has 1 nitrogen and oxygen atoms in total. The minimum atomic E-state index is -4.73. The first-order valence-electron chi connectivity index (χ1n) is 10.5. The third kappa shape index (κ3) is 5.84. The number of rotatable bonds is 6. The summed E-state index contributed by atoms with van der Waals surface area (Å²) in [7, 11) is 0. The van der Waals surface area contributed by atoms with E-state index in [-0.39, 0.29) is 18.3 Å². The Morgan fingerprint density at radius 3 is 1.94 bits per heavy atom. The van der Waals surface area contributed by atoms with Crippen LogP contribution in [0.5, 0.6) is 5.75 Å². The van der Waals surface area contributed by atoms with Gasteiger partial charge >= 0.3 is 6.18 Å². The lowest BCUT2D eigenvalue weighted by atomic mass is 9.77. The molecule has 174 valence electrons. The Kier molecular flexibility index (Phi) is 7.51. The molecule has 2 aromatic carbocycles. The summed E-state index contributed by atoms with van der Waals surface area (Å²) in [5, 5.41) is 0. The van der Waals surface area contributed by atoms with Crippen LogP contribution in [0.1, 0.15) is 56.9 Å². The van der Waals surface area contributed by atoms with Crippen LogP contribution in [0.2, 0.25) is 0 Å². The van der Waals surface area contributed by atoms with Crippen molar-refractivity contribution >= 4 is 0 Å². The predicted octanol–water partition coefficient (Wildman–Crippen LogP) is 8.44. The maximum atomic E-state index is 14.8. The van der Waals surface area contributed by atoms with E-state index >= 15 is 0 Å². The molecule has 0 atom stereocenters. The third-order valence-corrected chi connectivity index (χ3v) is 5.81. The molecular formula is C24H23F7O. The number of alkyl halides is 3. The second-order valence-electron chi connectivity index (χ2n) is 8.10. The highest BCUT2D eigenvalue weighted by Crippen LogP contribution is 2.40. The second-order valence-corrected chi connectivity index (χ2v) is 8.10. The van der Waals surface area contributed by atoms with E-state index in [2.05, 4.69) is 11.7 Å². The molecular weight excluding hydrogens is 437 g/mol. The Labute approximate surface area is 181 Å². The molecule has 0 saturated heterocycles. The van der Waals surface area contributed by atoms with Crippen molar-refractivity contribution in [3.8, 4) is 16.9 Å². The molecule has 2 aromatic rings. The second kappa shape index (κ2) is 9.96. The van der Waals surface area contributed by atoms with Gasteiger partial charge in [0.1, 0.15) is 11.6 Å². The summed E-state index contributed by atoms with van der Waals surface area (Å²) in [6.45, 7) is 2.12. The Morgan fingerprint density at radius 1 is 0.875 bits per heavy atom. The van der Waals surface area contributed by atoms with Crippen LogP contribution in [0.25, 0.3) is 11.1 Å². The summed E-state index contributed by atoms with van der Waals surface area (Å²) in [5.74, 6) is -5.14. The Balaban J connectivity index is 1.83. The monoisotopic (exact) mass is 460 g/mol. The minimum absolute atomic E-state index is 0.0193. The summed E-state index contributed by atoms with van der Waals surface area (Å²) in [4.78, 5) is 0. The topological polar surface area (TPSA) is 9.23 Å². The highest BCUT2D eigenvalue weighted by atomic mass is 19.4. The summed E-state index contributed by atoms with van der Waals surface area (Å²) >= 11 is 0.